The number of thiazole rings is 1. The summed E-state index contributed by atoms with van der Waals surface area (Å²) >= 11 is 13.8. The molecule has 3 aromatic rings. The van der Waals surface area contributed by atoms with E-state index in [0.717, 1.165) is 11.1 Å². The number of hydrogen-bond donors (Lipinski definition) is 0. The van der Waals surface area contributed by atoms with E-state index in [9.17, 15) is 9.59 Å². The van der Waals surface area contributed by atoms with Gasteiger partial charge in [-0.25, -0.2) is 4.99 Å². The van der Waals surface area contributed by atoms with Crippen LogP contribution in [0.5, 0.6) is 5.75 Å². The minimum atomic E-state index is -0.613. The van der Waals surface area contributed by atoms with E-state index in [0.29, 0.717) is 56.1 Å². The second kappa shape index (κ2) is 11.0. The molecule has 0 radical (unpaired) electrons. The predicted octanol–water partition coefficient (Wildman–Crippen LogP) is 4.81. The van der Waals surface area contributed by atoms with Crippen LogP contribution in [0.1, 0.15) is 44.9 Å². The molecule has 6 nitrogen and oxygen atoms in total. The second-order valence-electron chi connectivity index (χ2n) is 8.23. The molecule has 188 valence electrons. The Labute approximate surface area is 223 Å². The number of rotatable bonds is 7. The van der Waals surface area contributed by atoms with E-state index in [4.69, 9.17) is 32.9 Å². The van der Waals surface area contributed by atoms with Crippen molar-refractivity contribution in [3.05, 3.63) is 94.6 Å². The number of nitrogens with zero attached hydrogens (tertiary/aromatic N) is 3. The van der Waals surface area contributed by atoms with Gasteiger partial charge in [-0.1, -0.05) is 52.7 Å². The van der Waals surface area contributed by atoms with Crippen molar-refractivity contribution in [2.45, 2.75) is 33.7 Å². The first-order chi connectivity index (χ1) is 17.3. The smallest absolute Gasteiger partial charge is 0.271 e. The summed E-state index contributed by atoms with van der Waals surface area (Å²) in [4.78, 5) is 34.3. The van der Waals surface area contributed by atoms with Crippen molar-refractivity contribution in [2.24, 2.45) is 4.99 Å². The van der Waals surface area contributed by atoms with Gasteiger partial charge in [0.05, 0.1) is 33.5 Å². The number of carbonyl (C=O) groups excluding carboxylic acids is 1. The zero-order chi connectivity index (χ0) is 26.0. The first-order valence-electron chi connectivity index (χ1n) is 11.8. The maximum absolute atomic E-state index is 13.8. The molecule has 0 fully saturated rings. The van der Waals surface area contributed by atoms with E-state index >= 15 is 0 Å². The van der Waals surface area contributed by atoms with Crippen molar-refractivity contribution >= 4 is 46.5 Å². The van der Waals surface area contributed by atoms with Crippen molar-refractivity contribution in [2.75, 3.05) is 19.7 Å². The van der Waals surface area contributed by atoms with Gasteiger partial charge in [0.25, 0.3) is 11.5 Å². The van der Waals surface area contributed by atoms with Gasteiger partial charge in [-0.05, 0) is 69.2 Å². The average Bonchev–Trinajstić information content (AvgIpc) is 3.15. The molecule has 1 atom stereocenters. The lowest BCUT2D eigenvalue weighted by Gasteiger charge is -2.29. The summed E-state index contributed by atoms with van der Waals surface area (Å²) in [6.45, 7) is 9.21. The summed E-state index contributed by atoms with van der Waals surface area (Å²) in [6.07, 6.45) is 1.79. The number of ether oxygens (including phenoxy) is 1. The van der Waals surface area contributed by atoms with Gasteiger partial charge in [-0.2, -0.15) is 0 Å². The highest BCUT2D eigenvalue weighted by atomic mass is 35.5. The van der Waals surface area contributed by atoms with Crippen LogP contribution in [0.3, 0.4) is 0 Å². The van der Waals surface area contributed by atoms with Gasteiger partial charge in [0.15, 0.2) is 4.80 Å². The van der Waals surface area contributed by atoms with Crippen molar-refractivity contribution in [3.8, 4) is 5.75 Å². The van der Waals surface area contributed by atoms with E-state index < -0.39 is 6.04 Å². The molecule has 2 heterocycles. The quantitative estimate of drug-likeness (QED) is 0.429. The number of allylic oxidation sites excluding steroid dienone is 1. The molecule has 1 aliphatic heterocycles. The molecule has 1 aromatic heterocycles. The Bertz CT molecular complexity index is 1500. The Morgan fingerprint density at radius 1 is 1.14 bits per heavy atom. The first kappa shape index (κ1) is 26.2. The number of fused-ring (bicyclic) bond motifs is 1. The molecular weight excluding hydrogens is 517 g/mol. The van der Waals surface area contributed by atoms with Gasteiger partial charge in [0, 0.05) is 18.1 Å². The van der Waals surface area contributed by atoms with Crippen LogP contribution < -0.4 is 19.6 Å². The highest BCUT2D eigenvalue weighted by molar-refractivity contribution is 7.07. The Morgan fingerprint density at radius 3 is 2.44 bits per heavy atom. The van der Waals surface area contributed by atoms with Crippen LogP contribution in [0.4, 0.5) is 0 Å². The third kappa shape index (κ3) is 5.01. The molecule has 0 N–H and O–H groups in total. The number of hydrogen-bond acceptors (Lipinski definition) is 5. The van der Waals surface area contributed by atoms with Crippen LogP contribution in [0, 0.1) is 0 Å². The fraction of sp³-hybridized carbons (Fsp3) is 0.296. The first-order valence-corrected chi connectivity index (χ1v) is 13.4. The monoisotopic (exact) mass is 543 g/mol. The Morgan fingerprint density at radius 2 is 1.83 bits per heavy atom. The van der Waals surface area contributed by atoms with Crippen LogP contribution >= 0.6 is 34.5 Å². The van der Waals surface area contributed by atoms with Gasteiger partial charge >= 0.3 is 0 Å². The third-order valence-electron chi connectivity index (χ3n) is 6.04. The van der Waals surface area contributed by atoms with Gasteiger partial charge in [-0.3, -0.25) is 14.2 Å². The van der Waals surface area contributed by atoms with Crippen LogP contribution in [0.25, 0.3) is 6.08 Å². The summed E-state index contributed by atoms with van der Waals surface area (Å²) in [6, 6.07) is 12.0. The number of halogens is 2. The second-order valence-corrected chi connectivity index (χ2v) is 10.1. The molecule has 0 unspecified atom stereocenters. The minimum absolute atomic E-state index is 0.131. The number of benzene rings is 2. The van der Waals surface area contributed by atoms with Crippen molar-refractivity contribution < 1.29 is 9.53 Å². The summed E-state index contributed by atoms with van der Waals surface area (Å²) in [7, 11) is 0. The highest BCUT2D eigenvalue weighted by Crippen LogP contribution is 2.32. The molecule has 1 aliphatic rings. The average molecular weight is 545 g/mol. The topological polar surface area (TPSA) is 63.9 Å². The Hall–Kier alpha value is -2.87. The number of carbonyl (C=O) groups is 1. The van der Waals surface area contributed by atoms with Crippen LogP contribution in [0.15, 0.2) is 63.5 Å². The van der Waals surface area contributed by atoms with E-state index in [2.05, 4.69) is 0 Å². The van der Waals surface area contributed by atoms with E-state index in [1.807, 2.05) is 45.9 Å². The molecule has 9 heteroatoms. The molecule has 2 aromatic carbocycles. The molecule has 0 bridgehead atoms. The standard InChI is InChI=1S/C27H27Cl2N3O3S/c1-5-31(6-2)26(34)23-16(4)30-27-32(24(23)18-9-11-19(28)12-10-18)25(33)22(36-27)15-17-8-13-21(35-7-3)20(29)14-17/h8-15,24H,5-7H2,1-4H3/b22-15+/t24-/m0/s1. The van der Waals surface area contributed by atoms with Crippen molar-refractivity contribution in [1.82, 2.24) is 9.47 Å². The third-order valence-corrected chi connectivity index (χ3v) is 7.57. The summed E-state index contributed by atoms with van der Waals surface area (Å²) in [5.41, 5.74) is 2.43. The largest absolute Gasteiger partial charge is 0.492 e. The van der Waals surface area contributed by atoms with Gasteiger partial charge < -0.3 is 9.64 Å². The maximum Gasteiger partial charge on any atom is 0.271 e. The zero-order valence-electron chi connectivity index (χ0n) is 20.5. The lowest BCUT2D eigenvalue weighted by atomic mass is 9.94. The predicted molar refractivity (Wildman–Crippen MR) is 146 cm³/mol. The van der Waals surface area contributed by atoms with Crippen LogP contribution in [-0.2, 0) is 4.79 Å². The minimum Gasteiger partial charge on any atom is -0.492 e. The molecular formula is C27H27Cl2N3O3S. The fourth-order valence-corrected chi connectivity index (χ4v) is 5.68. The number of likely N-dealkylation sites (N-methyl/N-ethyl adjacent to an activating group) is 1. The molecule has 0 spiro atoms. The number of aromatic nitrogens is 1. The summed E-state index contributed by atoms with van der Waals surface area (Å²) in [5.74, 6) is 0.462. The molecule has 1 amide bonds. The lowest BCUT2D eigenvalue weighted by Crippen LogP contribution is -2.43. The zero-order valence-corrected chi connectivity index (χ0v) is 22.9. The molecule has 36 heavy (non-hydrogen) atoms. The van der Waals surface area contributed by atoms with Crippen LogP contribution in [0.2, 0.25) is 10.0 Å². The van der Waals surface area contributed by atoms with E-state index in [-0.39, 0.29) is 11.5 Å². The van der Waals surface area contributed by atoms with Crippen molar-refractivity contribution in [1.29, 1.82) is 0 Å². The summed E-state index contributed by atoms with van der Waals surface area (Å²) < 4.78 is 7.62. The number of amides is 1. The lowest BCUT2D eigenvalue weighted by molar-refractivity contribution is -0.127. The molecule has 4 rings (SSSR count). The van der Waals surface area contributed by atoms with Gasteiger partial charge in [0.2, 0.25) is 0 Å². The van der Waals surface area contributed by atoms with Crippen molar-refractivity contribution in [3.63, 3.8) is 0 Å². The molecule has 0 aliphatic carbocycles. The normalized spacial score (nSPS) is 15.5. The maximum atomic E-state index is 13.8. The Balaban J connectivity index is 1.91. The SMILES string of the molecule is CCOc1ccc(/C=c2/sc3n(c2=O)[C@@H](c2ccc(Cl)cc2)C(C(=O)N(CC)CC)=C(C)N=3)cc1Cl. The van der Waals surface area contributed by atoms with Crippen LogP contribution in [-0.4, -0.2) is 35.1 Å². The van der Waals surface area contributed by atoms with Gasteiger partial charge in [0.1, 0.15) is 5.75 Å². The molecule has 0 saturated carbocycles. The summed E-state index contributed by atoms with van der Waals surface area (Å²) in [5, 5.41) is 1.05. The fourth-order valence-electron chi connectivity index (χ4n) is 4.27. The van der Waals surface area contributed by atoms with E-state index in [1.54, 1.807) is 39.8 Å². The van der Waals surface area contributed by atoms with Gasteiger partial charge in [-0.15, -0.1) is 0 Å². The highest BCUT2D eigenvalue weighted by Gasteiger charge is 2.34. The van der Waals surface area contributed by atoms with E-state index in [1.165, 1.54) is 11.3 Å². The molecule has 0 saturated heterocycles. The Kier molecular flexibility index (Phi) is 8.03.